The van der Waals surface area contributed by atoms with Crippen LogP contribution in [0.5, 0.6) is 0 Å². The molecule has 2 aromatic heterocycles. The summed E-state index contributed by atoms with van der Waals surface area (Å²) in [5, 5.41) is 2.70. The van der Waals surface area contributed by atoms with Crippen LogP contribution in [0.15, 0.2) is 53.3 Å². The number of nitrogens with zero attached hydrogens (tertiary/aromatic N) is 2. The first-order valence-corrected chi connectivity index (χ1v) is 7.22. The van der Waals surface area contributed by atoms with Crippen LogP contribution < -0.4 is 5.32 Å². The molecule has 1 amide bonds. The zero-order valence-electron chi connectivity index (χ0n) is 12.5. The monoisotopic (exact) mass is 329 g/mol. The lowest BCUT2D eigenvalue weighted by Crippen LogP contribution is -2.12. The fourth-order valence-electron chi connectivity index (χ4n) is 2.15. The van der Waals surface area contributed by atoms with E-state index in [-0.39, 0.29) is 36.0 Å². The molecule has 0 saturated heterocycles. The minimum atomic E-state index is -0.729. The number of aryl methyl sites for hydroxylation is 1. The van der Waals surface area contributed by atoms with Crippen molar-refractivity contribution in [3.8, 4) is 11.3 Å². The minimum Gasteiger partial charge on any atom is -0.441 e. The molecule has 1 aromatic carbocycles. The third-order valence-electron chi connectivity index (χ3n) is 3.29. The van der Waals surface area contributed by atoms with Crippen LogP contribution in [0.4, 0.5) is 14.5 Å². The lowest BCUT2D eigenvalue weighted by atomic mass is 10.1. The van der Waals surface area contributed by atoms with E-state index in [9.17, 15) is 13.6 Å². The molecule has 0 aliphatic carbocycles. The van der Waals surface area contributed by atoms with Gasteiger partial charge in [0.2, 0.25) is 5.91 Å². The summed E-state index contributed by atoms with van der Waals surface area (Å²) in [7, 11) is 0. The molecule has 1 N–H and O–H groups in total. The number of amides is 1. The Labute approximate surface area is 136 Å². The predicted molar refractivity (Wildman–Crippen MR) is 83.0 cm³/mol. The van der Waals surface area contributed by atoms with Gasteiger partial charge >= 0.3 is 0 Å². The quantitative estimate of drug-likeness (QED) is 0.777. The highest BCUT2D eigenvalue weighted by atomic mass is 19.1. The Balaban J connectivity index is 1.63. The summed E-state index contributed by atoms with van der Waals surface area (Å²) in [6, 6.07) is 6.89. The first-order chi connectivity index (χ1) is 11.6. The first-order valence-electron chi connectivity index (χ1n) is 7.22. The molecular formula is C17H13F2N3O2. The van der Waals surface area contributed by atoms with Gasteiger partial charge in [-0.3, -0.25) is 9.78 Å². The van der Waals surface area contributed by atoms with Gasteiger partial charge in [0.25, 0.3) is 0 Å². The van der Waals surface area contributed by atoms with Crippen LogP contribution in [0.25, 0.3) is 11.3 Å². The van der Waals surface area contributed by atoms with Gasteiger partial charge in [-0.05, 0) is 24.3 Å². The maximum absolute atomic E-state index is 13.7. The number of pyridine rings is 1. The van der Waals surface area contributed by atoms with E-state index < -0.39 is 11.6 Å². The van der Waals surface area contributed by atoms with Crippen molar-refractivity contribution in [3.05, 3.63) is 66.4 Å². The molecule has 0 spiro atoms. The van der Waals surface area contributed by atoms with Crippen LogP contribution in [0.2, 0.25) is 0 Å². The molecule has 2 heterocycles. The Morgan fingerprint density at radius 1 is 1.12 bits per heavy atom. The maximum Gasteiger partial charge on any atom is 0.224 e. The number of nitrogens with one attached hydrogen (secondary N) is 1. The molecule has 7 heteroatoms. The predicted octanol–water partition coefficient (Wildman–Crippen LogP) is 3.59. The number of oxazole rings is 1. The Hall–Kier alpha value is -3.09. The van der Waals surface area contributed by atoms with Crippen LogP contribution in [-0.2, 0) is 11.2 Å². The van der Waals surface area contributed by atoms with Gasteiger partial charge in [0.05, 0.1) is 11.8 Å². The van der Waals surface area contributed by atoms with E-state index >= 15 is 0 Å². The van der Waals surface area contributed by atoms with Gasteiger partial charge in [-0.1, -0.05) is 6.07 Å². The number of hydrogen-bond acceptors (Lipinski definition) is 4. The summed E-state index contributed by atoms with van der Waals surface area (Å²) in [5.74, 6) is -1.45. The van der Waals surface area contributed by atoms with E-state index in [4.69, 9.17) is 4.42 Å². The fraction of sp³-hybridized carbons (Fsp3) is 0.118. The maximum atomic E-state index is 13.7. The van der Waals surface area contributed by atoms with E-state index in [0.717, 1.165) is 12.1 Å². The molecule has 0 atom stereocenters. The van der Waals surface area contributed by atoms with Crippen molar-refractivity contribution in [1.82, 2.24) is 9.97 Å². The highest BCUT2D eigenvalue weighted by molar-refractivity contribution is 5.90. The number of carbonyl (C=O) groups excluding carboxylic acids is 1. The van der Waals surface area contributed by atoms with Crippen molar-refractivity contribution in [2.24, 2.45) is 0 Å². The number of carbonyl (C=O) groups is 1. The van der Waals surface area contributed by atoms with Crippen molar-refractivity contribution in [3.63, 3.8) is 0 Å². The lowest BCUT2D eigenvalue weighted by Gasteiger charge is -2.03. The van der Waals surface area contributed by atoms with E-state index in [1.54, 1.807) is 24.5 Å². The molecule has 0 bridgehead atoms. The Kier molecular flexibility index (Phi) is 4.60. The van der Waals surface area contributed by atoms with Crippen LogP contribution in [0.3, 0.4) is 0 Å². The Morgan fingerprint density at radius 2 is 1.83 bits per heavy atom. The molecule has 3 aromatic rings. The van der Waals surface area contributed by atoms with E-state index in [2.05, 4.69) is 15.3 Å². The van der Waals surface area contributed by atoms with Crippen molar-refractivity contribution in [1.29, 1.82) is 0 Å². The van der Waals surface area contributed by atoms with Crippen LogP contribution in [0, 0.1) is 11.6 Å². The normalized spacial score (nSPS) is 10.6. The number of benzene rings is 1. The summed E-state index contributed by atoms with van der Waals surface area (Å²) in [4.78, 5) is 19.7. The zero-order chi connectivity index (χ0) is 16.9. The fourth-order valence-corrected chi connectivity index (χ4v) is 2.15. The first kappa shape index (κ1) is 15.8. The molecule has 0 aliphatic heterocycles. The summed E-state index contributed by atoms with van der Waals surface area (Å²) in [6.07, 6.45) is 4.73. The number of hydrogen-bond donors (Lipinski definition) is 1. The molecular weight excluding hydrogens is 316 g/mol. The molecule has 0 saturated carbocycles. The van der Waals surface area contributed by atoms with Crippen LogP contribution in [0.1, 0.15) is 12.3 Å². The molecule has 0 fully saturated rings. The van der Waals surface area contributed by atoms with Gasteiger partial charge in [0.15, 0.2) is 11.7 Å². The molecule has 0 radical (unpaired) electrons. The van der Waals surface area contributed by atoms with Gasteiger partial charge in [-0.25, -0.2) is 13.8 Å². The van der Waals surface area contributed by atoms with Crippen LogP contribution in [-0.4, -0.2) is 15.9 Å². The standard InChI is InChI=1S/C17H13F2N3O2/c18-12-2-1-3-13(19)17(12)14-10-21-16(24-14)5-4-15(23)22-11-6-8-20-9-7-11/h1-3,6-10H,4-5H2,(H,20,22,23). The largest absolute Gasteiger partial charge is 0.441 e. The zero-order valence-corrected chi connectivity index (χ0v) is 12.5. The lowest BCUT2D eigenvalue weighted by molar-refractivity contribution is -0.116. The second-order valence-corrected chi connectivity index (χ2v) is 5.00. The summed E-state index contributed by atoms with van der Waals surface area (Å²) < 4.78 is 32.8. The Morgan fingerprint density at radius 3 is 2.54 bits per heavy atom. The minimum absolute atomic E-state index is 0.00450. The highest BCUT2D eigenvalue weighted by Crippen LogP contribution is 2.26. The van der Waals surface area contributed by atoms with Gasteiger partial charge < -0.3 is 9.73 Å². The topological polar surface area (TPSA) is 68.0 Å². The van der Waals surface area contributed by atoms with Gasteiger partial charge in [-0.2, -0.15) is 0 Å². The average molecular weight is 329 g/mol. The number of rotatable bonds is 5. The second kappa shape index (κ2) is 6.99. The van der Waals surface area contributed by atoms with Gasteiger partial charge in [0.1, 0.15) is 11.6 Å². The van der Waals surface area contributed by atoms with Gasteiger partial charge in [0, 0.05) is 30.9 Å². The molecule has 122 valence electrons. The number of anilines is 1. The third kappa shape index (κ3) is 3.62. The summed E-state index contributed by atoms with van der Waals surface area (Å²) in [5.41, 5.74) is 0.369. The van der Waals surface area contributed by atoms with E-state index in [0.29, 0.717) is 5.69 Å². The Bertz CT molecular complexity index is 830. The molecule has 5 nitrogen and oxygen atoms in total. The molecule has 3 rings (SSSR count). The van der Waals surface area contributed by atoms with Crippen molar-refractivity contribution < 1.29 is 18.0 Å². The number of halogens is 2. The molecule has 0 unspecified atom stereocenters. The van der Waals surface area contributed by atoms with E-state index in [1.807, 2.05) is 0 Å². The van der Waals surface area contributed by atoms with E-state index in [1.165, 1.54) is 12.3 Å². The smallest absolute Gasteiger partial charge is 0.224 e. The molecule has 0 aliphatic rings. The second-order valence-electron chi connectivity index (χ2n) is 5.00. The van der Waals surface area contributed by atoms with Crippen molar-refractivity contribution >= 4 is 11.6 Å². The number of aromatic nitrogens is 2. The SMILES string of the molecule is O=C(CCc1ncc(-c2c(F)cccc2F)o1)Nc1ccncc1. The van der Waals surface area contributed by atoms with Gasteiger partial charge in [-0.15, -0.1) is 0 Å². The van der Waals surface area contributed by atoms with Crippen molar-refractivity contribution in [2.75, 3.05) is 5.32 Å². The highest BCUT2D eigenvalue weighted by Gasteiger charge is 2.16. The third-order valence-corrected chi connectivity index (χ3v) is 3.29. The molecule has 24 heavy (non-hydrogen) atoms. The van der Waals surface area contributed by atoms with Crippen LogP contribution >= 0.6 is 0 Å². The average Bonchev–Trinajstić information content (AvgIpc) is 3.02. The summed E-state index contributed by atoms with van der Waals surface area (Å²) >= 11 is 0. The summed E-state index contributed by atoms with van der Waals surface area (Å²) in [6.45, 7) is 0. The van der Waals surface area contributed by atoms with Crippen molar-refractivity contribution in [2.45, 2.75) is 12.8 Å².